The quantitative estimate of drug-likeness (QED) is 0.385. The van der Waals surface area contributed by atoms with Gasteiger partial charge in [-0.3, -0.25) is 4.99 Å². The Bertz CT molecular complexity index is 496. The van der Waals surface area contributed by atoms with Crippen LogP contribution in [0, 0.1) is 0 Å². The van der Waals surface area contributed by atoms with Crippen LogP contribution < -0.4 is 14.8 Å². The smallest absolute Gasteiger partial charge is 0.390 e. The van der Waals surface area contributed by atoms with Crippen LogP contribution in [0.2, 0.25) is 0 Å². The number of likely N-dealkylation sites (N-methyl/N-ethyl adjacent to an activating group) is 1. The van der Waals surface area contributed by atoms with Crippen molar-refractivity contribution in [2.75, 3.05) is 40.9 Å². The zero-order valence-electron chi connectivity index (χ0n) is 13.9. The summed E-state index contributed by atoms with van der Waals surface area (Å²) in [6, 6.07) is 7.15. The molecule has 0 heterocycles. The second kappa shape index (κ2) is 11.2. The number of aliphatic imine (C=N–C) groups is 1. The SMILES string of the molecule is CN=C(NCCC(F)(F)F)N(C)CCOc1ccc(OC)cc1.I. The number of alkyl halides is 3. The van der Waals surface area contributed by atoms with Crippen molar-refractivity contribution in [2.24, 2.45) is 4.99 Å². The Morgan fingerprint density at radius 1 is 1.21 bits per heavy atom. The summed E-state index contributed by atoms with van der Waals surface area (Å²) in [5.74, 6) is 1.83. The maximum absolute atomic E-state index is 12.1. The highest BCUT2D eigenvalue weighted by Crippen LogP contribution is 2.18. The summed E-state index contributed by atoms with van der Waals surface area (Å²) < 4.78 is 47.0. The minimum absolute atomic E-state index is 0. The van der Waals surface area contributed by atoms with Crippen LogP contribution in [-0.2, 0) is 0 Å². The highest BCUT2D eigenvalue weighted by Gasteiger charge is 2.26. The monoisotopic (exact) mass is 461 g/mol. The van der Waals surface area contributed by atoms with Gasteiger partial charge in [-0.2, -0.15) is 13.2 Å². The molecule has 5 nitrogen and oxygen atoms in total. The van der Waals surface area contributed by atoms with Crippen LogP contribution in [0.25, 0.3) is 0 Å². The van der Waals surface area contributed by atoms with Crippen molar-refractivity contribution in [2.45, 2.75) is 12.6 Å². The maximum Gasteiger partial charge on any atom is 0.390 e. The highest BCUT2D eigenvalue weighted by atomic mass is 127. The molecule has 1 aromatic rings. The number of ether oxygens (including phenoxy) is 2. The van der Waals surface area contributed by atoms with Crippen LogP contribution in [0.4, 0.5) is 13.2 Å². The summed E-state index contributed by atoms with van der Waals surface area (Å²) in [5, 5.41) is 2.67. The van der Waals surface area contributed by atoms with E-state index >= 15 is 0 Å². The first-order chi connectivity index (χ1) is 10.9. The Morgan fingerprint density at radius 2 is 1.79 bits per heavy atom. The lowest BCUT2D eigenvalue weighted by molar-refractivity contribution is -0.132. The number of rotatable bonds is 7. The molecular weight excluding hydrogens is 438 g/mol. The Morgan fingerprint density at radius 3 is 2.29 bits per heavy atom. The molecule has 0 bridgehead atoms. The van der Waals surface area contributed by atoms with Crippen LogP contribution in [0.3, 0.4) is 0 Å². The van der Waals surface area contributed by atoms with Crippen molar-refractivity contribution in [1.29, 1.82) is 0 Å². The number of hydrogen-bond donors (Lipinski definition) is 1. The van der Waals surface area contributed by atoms with Gasteiger partial charge in [0.15, 0.2) is 5.96 Å². The van der Waals surface area contributed by atoms with E-state index in [0.29, 0.717) is 24.9 Å². The molecule has 0 aromatic heterocycles. The lowest BCUT2D eigenvalue weighted by Gasteiger charge is -2.22. The Balaban J connectivity index is 0.00000529. The summed E-state index contributed by atoms with van der Waals surface area (Å²) in [7, 11) is 4.85. The first-order valence-electron chi connectivity index (χ1n) is 7.11. The number of hydrogen-bond acceptors (Lipinski definition) is 3. The average Bonchev–Trinajstić information content (AvgIpc) is 2.51. The molecule has 0 saturated carbocycles. The standard InChI is InChI=1S/C15H22F3N3O2.HI/c1-19-14(20-9-8-15(16,17)18)21(2)10-11-23-13-6-4-12(22-3)5-7-13;/h4-7H,8-11H2,1-3H3,(H,19,20);1H. The molecule has 0 unspecified atom stereocenters. The maximum atomic E-state index is 12.1. The predicted molar refractivity (Wildman–Crippen MR) is 98.6 cm³/mol. The van der Waals surface area contributed by atoms with Crippen molar-refractivity contribution in [3.05, 3.63) is 24.3 Å². The molecule has 0 fully saturated rings. The summed E-state index contributed by atoms with van der Waals surface area (Å²) in [5.41, 5.74) is 0. The van der Waals surface area contributed by atoms with Crippen LogP contribution >= 0.6 is 24.0 Å². The Kier molecular flexibility index (Phi) is 10.6. The third kappa shape index (κ3) is 9.04. The zero-order valence-corrected chi connectivity index (χ0v) is 16.2. The van der Waals surface area contributed by atoms with E-state index in [1.165, 1.54) is 7.05 Å². The van der Waals surface area contributed by atoms with Gasteiger partial charge in [0.05, 0.1) is 20.1 Å². The van der Waals surface area contributed by atoms with E-state index in [0.717, 1.165) is 5.75 Å². The van der Waals surface area contributed by atoms with Crippen molar-refractivity contribution in [1.82, 2.24) is 10.2 Å². The third-order valence-electron chi connectivity index (χ3n) is 3.02. The van der Waals surface area contributed by atoms with Crippen LogP contribution in [0.1, 0.15) is 6.42 Å². The lowest BCUT2D eigenvalue weighted by atomic mass is 10.3. The van der Waals surface area contributed by atoms with Crippen molar-refractivity contribution in [3.63, 3.8) is 0 Å². The Labute approximate surface area is 157 Å². The molecule has 9 heteroatoms. The van der Waals surface area contributed by atoms with E-state index in [1.54, 1.807) is 43.3 Å². The van der Waals surface area contributed by atoms with Crippen molar-refractivity contribution < 1.29 is 22.6 Å². The summed E-state index contributed by atoms with van der Waals surface area (Å²) >= 11 is 0. The summed E-state index contributed by atoms with van der Waals surface area (Å²) in [4.78, 5) is 5.66. The second-order valence-electron chi connectivity index (χ2n) is 4.78. The zero-order chi connectivity index (χ0) is 17.3. The molecule has 0 aliphatic heterocycles. The molecule has 0 radical (unpaired) electrons. The molecule has 1 rings (SSSR count). The van der Waals surface area contributed by atoms with Gasteiger partial charge in [0, 0.05) is 20.6 Å². The molecule has 0 aliphatic rings. The molecule has 0 saturated heterocycles. The van der Waals surface area contributed by atoms with E-state index in [2.05, 4.69) is 10.3 Å². The predicted octanol–water partition coefficient (Wildman–Crippen LogP) is 3.15. The fourth-order valence-corrected chi connectivity index (χ4v) is 1.78. The number of nitrogens with zero attached hydrogens (tertiary/aromatic N) is 2. The molecule has 0 amide bonds. The molecule has 0 spiro atoms. The first kappa shape index (κ1) is 22.6. The number of halogens is 4. The van der Waals surface area contributed by atoms with Crippen molar-refractivity contribution in [3.8, 4) is 11.5 Å². The van der Waals surface area contributed by atoms with E-state index < -0.39 is 12.6 Å². The lowest BCUT2D eigenvalue weighted by Crippen LogP contribution is -2.42. The van der Waals surface area contributed by atoms with Gasteiger partial charge in [-0.25, -0.2) is 0 Å². The molecule has 24 heavy (non-hydrogen) atoms. The second-order valence-corrected chi connectivity index (χ2v) is 4.78. The normalized spacial score (nSPS) is 11.5. The molecule has 0 aliphatic carbocycles. The van der Waals surface area contributed by atoms with Gasteiger partial charge in [0.2, 0.25) is 0 Å². The van der Waals surface area contributed by atoms with E-state index in [-0.39, 0.29) is 30.5 Å². The van der Waals surface area contributed by atoms with Gasteiger partial charge < -0.3 is 19.7 Å². The molecule has 1 aromatic carbocycles. The van der Waals surface area contributed by atoms with Crippen LogP contribution in [0.5, 0.6) is 11.5 Å². The number of benzene rings is 1. The van der Waals surface area contributed by atoms with Crippen LogP contribution in [-0.4, -0.2) is 57.9 Å². The van der Waals surface area contributed by atoms with E-state index in [9.17, 15) is 13.2 Å². The third-order valence-corrected chi connectivity index (χ3v) is 3.02. The fourth-order valence-electron chi connectivity index (χ4n) is 1.78. The van der Waals surface area contributed by atoms with Crippen molar-refractivity contribution >= 4 is 29.9 Å². The van der Waals surface area contributed by atoms with Gasteiger partial charge >= 0.3 is 6.18 Å². The highest BCUT2D eigenvalue weighted by molar-refractivity contribution is 14.0. The summed E-state index contributed by atoms with van der Waals surface area (Å²) in [6.45, 7) is 0.653. The van der Waals surface area contributed by atoms with Gasteiger partial charge in [-0.05, 0) is 24.3 Å². The molecule has 138 valence electrons. The minimum atomic E-state index is -4.18. The minimum Gasteiger partial charge on any atom is -0.497 e. The van der Waals surface area contributed by atoms with E-state index in [1.807, 2.05) is 0 Å². The van der Waals surface area contributed by atoms with E-state index in [4.69, 9.17) is 9.47 Å². The Hall–Kier alpha value is -1.39. The van der Waals surface area contributed by atoms with Crippen LogP contribution in [0.15, 0.2) is 29.3 Å². The number of nitrogens with one attached hydrogen (secondary N) is 1. The van der Waals surface area contributed by atoms with Gasteiger partial charge in [-0.1, -0.05) is 0 Å². The topological polar surface area (TPSA) is 46.1 Å². The first-order valence-corrected chi connectivity index (χ1v) is 7.11. The number of methoxy groups -OCH3 is 1. The molecule has 0 atom stereocenters. The molecule has 1 N–H and O–H groups in total. The van der Waals surface area contributed by atoms with Gasteiger partial charge in [-0.15, -0.1) is 24.0 Å². The largest absolute Gasteiger partial charge is 0.497 e. The molecular formula is C15H23F3IN3O2. The fraction of sp³-hybridized carbons (Fsp3) is 0.533. The van der Waals surface area contributed by atoms with Gasteiger partial charge in [0.25, 0.3) is 0 Å². The van der Waals surface area contributed by atoms with Gasteiger partial charge in [0.1, 0.15) is 18.1 Å². The number of guanidine groups is 1. The summed E-state index contributed by atoms with van der Waals surface area (Å²) in [6.07, 6.45) is -5.08. The average molecular weight is 461 g/mol.